The monoisotopic (exact) mass is 445 g/mol. The van der Waals surface area contributed by atoms with E-state index in [0.29, 0.717) is 23.5 Å². The van der Waals surface area contributed by atoms with Crippen LogP contribution in [0.1, 0.15) is 18.4 Å². The molecule has 7 heteroatoms. The lowest BCUT2D eigenvalue weighted by Gasteiger charge is -2.07. The third-order valence-electron chi connectivity index (χ3n) is 4.80. The van der Waals surface area contributed by atoms with Crippen molar-refractivity contribution >= 4 is 35.0 Å². The van der Waals surface area contributed by atoms with Crippen LogP contribution in [0, 0.1) is 0 Å². The second-order valence-electron chi connectivity index (χ2n) is 7.39. The fraction of sp³-hybridized carbons (Fsp3) is 0.154. The van der Waals surface area contributed by atoms with Crippen LogP contribution in [0.4, 0.5) is 17.1 Å². The predicted molar refractivity (Wildman–Crippen MR) is 132 cm³/mol. The Bertz CT molecular complexity index is 1100. The summed E-state index contributed by atoms with van der Waals surface area (Å²) in [6, 6.07) is 20.5. The van der Waals surface area contributed by atoms with Gasteiger partial charge in [0.2, 0.25) is 5.91 Å². The molecule has 0 aliphatic heterocycles. The molecule has 0 heterocycles. The molecule has 5 N–H and O–H groups in total. The molecule has 3 aromatic carbocycles. The number of anilines is 3. The van der Waals surface area contributed by atoms with E-state index in [9.17, 15) is 9.59 Å². The Morgan fingerprint density at radius 1 is 0.909 bits per heavy atom. The van der Waals surface area contributed by atoms with Gasteiger partial charge in [0, 0.05) is 29.6 Å². The number of esters is 1. The van der Waals surface area contributed by atoms with Gasteiger partial charge < -0.3 is 26.3 Å². The summed E-state index contributed by atoms with van der Waals surface area (Å²) in [4.78, 5) is 23.9. The summed E-state index contributed by atoms with van der Waals surface area (Å²) in [5.74, 6) is 0.144. The molecule has 3 rings (SSSR count). The van der Waals surface area contributed by atoms with E-state index in [0.717, 1.165) is 22.4 Å². The van der Waals surface area contributed by atoms with Gasteiger partial charge >= 0.3 is 5.97 Å². The Morgan fingerprint density at radius 2 is 1.52 bits per heavy atom. The molecule has 0 bridgehead atoms. The molecular formula is C26H27N3O4. The number of ether oxygens (including phenoxy) is 2. The van der Waals surface area contributed by atoms with E-state index in [4.69, 9.17) is 20.9 Å². The Kier molecular flexibility index (Phi) is 8.07. The Balaban J connectivity index is 1.40. The van der Waals surface area contributed by atoms with Crippen molar-refractivity contribution in [2.45, 2.75) is 12.8 Å². The molecular weight excluding hydrogens is 418 g/mol. The lowest BCUT2D eigenvalue weighted by Crippen LogP contribution is -2.13. The molecule has 0 radical (unpaired) electrons. The van der Waals surface area contributed by atoms with Crippen LogP contribution in [0.2, 0.25) is 0 Å². The molecule has 7 nitrogen and oxygen atoms in total. The zero-order chi connectivity index (χ0) is 23.6. The normalized spacial score (nSPS) is 10.7. The van der Waals surface area contributed by atoms with E-state index >= 15 is 0 Å². The minimum atomic E-state index is -0.460. The van der Waals surface area contributed by atoms with Crippen molar-refractivity contribution in [3.05, 3.63) is 78.4 Å². The van der Waals surface area contributed by atoms with Gasteiger partial charge in [-0.3, -0.25) is 4.79 Å². The first-order chi connectivity index (χ1) is 15.9. The van der Waals surface area contributed by atoms with Crippen LogP contribution in [0.3, 0.4) is 0 Å². The molecule has 0 saturated heterocycles. The molecule has 0 unspecified atom stereocenters. The van der Waals surface area contributed by atoms with E-state index < -0.39 is 5.97 Å². The van der Waals surface area contributed by atoms with Gasteiger partial charge in [0.1, 0.15) is 5.75 Å². The molecule has 1 amide bonds. The summed E-state index contributed by atoms with van der Waals surface area (Å²) >= 11 is 0. The maximum atomic E-state index is 12.0. The second kappa shape index (κ2) is 11.4. The van der Waals surface area contributed by atoms with Crippen LogP contribution in [-0.4, -0.2) is 25.6 Å². The van der Waals surface area contributed by atoms with Crippen molar-refractivity contribution in [2.24, 2.45) is 0 Å². The second-order valence-corrected chi connectivity index (χ2v) is 7.39. The number of carbonyl (C=O) groups excluding carboxylic acids is 2. The molecule has 0 saturated carbocycles. The zero-order valence-corrected chi connectivity index (χ0v) is 18.4. The number of amides is 1. The fourth-order valence-corrected chi connectivity index (χ4v) is 3.16. The highest BCUT2D eigenvalue weighted by Crippen LogP contribution is 2.23. The van der Waals surface area contributed by atoms with E-state index in [1.807, 2.05) is 48.5 Å². The van der Waals surface area contributed by atoms with Gasteiger partial charge in [0.25, 0.3) is 0 Å². The van der Waals surface area contributed by atoms with Crippen molar-refractivity contribution in [2.75, 3.05) is 30.5 Å². The Labute approximate surface area is 193 Å². The van der Waals surface area contributed by atoms with Gasteiger partial charge in [-0.15, -0.1) is 0 Å². The topological polar surface area (TPSA) is 117 Å². The van der Waals surface area contributed by atoms with Gasteiger partial charge in [0.05, 0.1) is 13.7 Å². The zero-order valence-electron chi connectivity index (χ0n) is 18.4. The first-order valence-corrected chi connectivity index (χ1v) is 10.5. The predicted octanol–water partition coefficient (Wildman–Crippen LogP) is 4.50. The number of methoxy groups -OCH3 is 1. The third kappa shape index (κ3) is 7.43. The highest BCUT2D eigenvalue weighted by molar-refractivity contribution is 5.92. The first-order valence-electron chi connectivity index (χ1n) is 10.5. The third-order valence-corrected chi connectivity index (χ3v) is 4.80. The van der Waals surface area contributed by atoms with E-state index in [2.05, 4.69) is 5.32 Å². The van der Waals surface area contributed by atoms with Crippen molar-refractivity contribution in [1.82, 2.24) is 0 Å². The molecule has 0 spiro atoms. The lowest BCUT2D eigenvalue weighted by atomic mass is 10.0. The highest BCUT2D eigenvalue weighted by Gasteiger charge is 2.05. The van der Waals surface area contributed by atoms with E-state index in [1.165, 1.54) is 6.08 Å². The molecule has 0 aliphatic carbocycles. The molecule has 0 aromatic heterocycles. The number of nitrogen functional groups attached to an aromatic ring is 2. The van der Waals surface area contributed by atoms with Crippen LogP contribution in [0.5, 0.6) is 5.75 Å². The Hall–Kier alpha value is -4.26. The van der Waals surface area contributed by atoms with Crippen LogP contribution in [0.15, 0.2) is 72.8 Å². The highest BCUT2D eigenvalue weighted by atomic mass is 16.5. The number of hydrogen-bond donors (Lipinski definition) is 3. The summed E-state index contributed by atoms with van der Waals surface area (Å²) < 4.78 is 10.3. The van der Waals surface area contributed by atoms with Crippen LogP contribution >= 0.6 is 0 Å². The maximum Gasteiger partial charge on any atom is 0.330 e. The Morgan fingerprint density at radius 3 is 2.12 bits per heavy atom. The number of hydrogen-bond acceptors (Lipinski definition) is 6. The fourth-order valence-electron chi connectivity index (χ4n) is 3.16. The van der Waals surface area contributed by atoms with Crippen LogP contribution in [-0.2, 0) is 14.3 Å². The SMILES string of the molecule is COc1ccc(-c2ccc(/C=C/C(=O)OCCCC(=O)Nc3cc(N)cc(N)c3)cc2)cc1. The molecule has 170 valence electrons. The molecule has 0 aliphatic rings. The van der Waals surface area contributed by atoms with Crippen LogP contribution < -0.4 is 21.5 Å². The van der Waals surface area contributed by atoms with Crippen molar-refractivity contribution < 1.29 is 19.1 Å². The average Bonchev–Trinajstić information content (AvgIpc) is 2.80. The van der Waals surface area contributed by atoms with Crippen molar-refractivity contribution in [3.63, 3.8) is 0 Å². The molecule has 3 aromatic rings. The molecule has 33 heavy (non-hydrogen) atoms. The quantitative estimate of drug-likeness (QED) is 0.193. The number of carbonyl (C=O) groups is 2. The van der Waals surface area contributed by atoms with E-state index in [1.54, 1.807) is 31.4 Å². The van der Waals surface area contributed by atoms with E-state index in [-0.39, 0.29) is 18.9 Å². The summed E-state index contributed by atoms with van der Waals surface area (Å²) in [5.41, 5.74) is 15.9. The summed E-state index contributed by atoms with van der Waals surface area (Å²) in [6.45, 7) is 0.145. The number of nitrogens with one attached hydrogen (secondary N) is 1. The number of rotatable bonds is 9. The lowest BCUT2D eigenvalue weighted by molar-refractivity contribution is -0.138. The van der Waals surface area contributed by atoms with Gasteiger partial charge in [-0.05, 0) is 59.5 Å². The summed E-state index contributed by atoms with van der Waals surface area (Å²) in [7, 11) is 1.64. The van der Waals surface area contributed by atoms with Gasteiger partial charge in [-0.2, -0.15) is 0 Å². The largest absolute Gasteiger partial charge is 0.497 e. The van der Waals surface area contributed by atoms with Gasteiger partial charge in [-0.25, -0.2) is 4.79 Å². The van der Waals surface area contributed by atoms with Gasteiger partial charge in [-0.1, -0.05) is 36.4 Å². The van der Waals surface area contributed by atoms with Gasteiger partial charge in [0.15, 0.2) is 0 Å². The number of benzene rings is 3. The molecule has 0 fully saturated rings. The first kappa shape index (κ1) is 23.4. The van der Waals surface area contributed by atoms with Crippen LogP contribution in [0.25, 0.3) is 17.2 Å². The maximum absolute atomic E-state index is 12.0. The number of nitrogens with two attached hydrogens (primary N) is 2. The van der Waals surface area contributed by atoms with Crippen molar-refractivity contribution in [3.8, 4) is 16.9 Å². The smallest absolute Gasteiger partial charge is 0.330 e. The average molecular weight is 446 g/mol. The summed E-state index contributed by atoms with van der Waals surface area (Å²) in [5, 5.41) is 2.72. The molecule has 0 atom stereocenters. The summed E-state index contributed by atoms with van der Waals surface area (Å²) in [6.07, 6.45) is 3.67. The minimum Gasteiger partial charge on any atom is -0.497 e. The minimum absolute atomic E-state index is 0.145. The van der Waals surface area contributed by atoms with Crippen molar-refractivity contribution in [1.29, 1.82) is 0 Å². The standard InChI is InChI=1S/C26H27N3O4/c1-32-24-11-9-20(10-12-24)19-7-4-18(5-8-19)6-13-26(31)33-14-2-3-25(30)29-23-16-21(27)15-22(28)17-23/h4-13,15-17H,2-3,14,27-28H2,1H3,(H,29,30)/b13-6+.